The fourth-order valence-electron chi connectivity index (χ4n) is 2.92. The molecule has 0 saturated heterocycles. The molecule has 0 aliphatic carbocycles. The minimum Gasteiger partial charge on any atom is -0.399 e. The van der Waals surface area contributed by atoms with Crippen LogP contribution in [0.2, 0.25) is 0 Å². The molecular weight excluding hydrogens is 314 g/mol. The Labute approximate surface area is 143 Å². The molecule has 0 aliphatic rings. The van der Waals surface area contributed by atoms with Gasteiger partial charge >= 0.3 is 5.69 Å². The van der Waals surface area contributed by atoms with Crippen LogP contribution in [0.3, 0.4) is 0 Å². The van der Waals surface area contributed by atoms with Crippen molar-refractivity contribution in [1.29, 1.82) is 0 Å². The summed E-state index contributed by atoms with van der Waals surface area (Å²) in [6.07, 6.45) is 0. The van der Waals surface area contributed by atoms with Gasteiger partial charge in [0.1, 0.15) is 0 Å². The third kappa shape index (κ3) is 2.61. The maximum atomic E-state index is 12.9. The Morgan fingerprint density at radius 1 is 0.880 bits per heavy atom. The van der Waals surface area contributed by atoms with Gasteiger partial charge in [-0.05, 0) is 41.5 Å². The number of carbonyl (C=O) groups excluding carboxylic acids is 1. The molecule has 1 heterocycles. The van der Waals surface area contributed by atoms with Gasteiger partial charge in [-0.15, -0.1) is 0 Å². The van der Waals surface area contributed by atoms with Crippen molar-refractivity contribution in [3.05, 3.63) is 88.8 Å². The summed E-state index contributed by atoms with van der Waals surface area (Å²) in [5.74, 6) is -0.376. The lowest BCUT2D eigenvalue weighted by molar-refractivity contribution is 0.0961. The number of nitrogen functional groups attached to an aromatic ring is 1. The molecule has 25 heavy (non-hydrogen) atoms. The summed E-state index contributed by atoms with van der Waals surface area (Å²) in [4.78, 5) is 27.9. The number of nitrogens with one attached hydrogen (secondary N) is 1. The Bertz CT molecular complexity index is 1140. The second-order valence-electron chi connectivity index (χ2n) is 5.79. The van der Waals surface area contributed by atoms with Crippen molar-refractivity contribution in [1.82, 2.24) is 9.55 Å². The fraction of sp³-hybridized carbons (Fsp3) is 0. The van der Waals surface area contributed by atoms with E-state index in [-0.39, 0.29) is 5.91 Å². The highest BCUT2D eigenvalue weighted by atomic mass is 16.2. The maximum absolute atomic E-state index is 12.9. The standard InChI is InChI=1S/C20H15N3O2/c21-16-9-10-18-17(12-16)22-20(25)23(18)19(24)15-8-4-7-14(11-15)13-5-2-1-3-6-13/h1-12H,21H2,(H,22,25). The van der Waals surface area contributed by atoms with E-state index >= 15 is 0 Å². The van der Waals surface area contributed by atoms with E-state index in [1.807, 2.05) is 42.5 Å². The van der Waals surface area contributed by atoms with Gasteiger partial charge in [0.05, 0.1) is 11.0 Å². The minimum absolute atomic E-state index is 0.376. The summed E-state index contributed by atoms with van der Waals surface area (Å²) < 4.78 is 1.14. The number of rotatable bonds is 2. The lowest BCUT2D eigenvalue weighted by Gasteiger charge is -2.06. The molecule has 1 aromatic heterocycles. The number of H-pyrrole nitrogens is 1. The van der Waals surface area contributed by atoms with Crippen molar-refractivity contribution < 1.29 is 4.79 Å². The van der Waals surface area contributed by atoms with Crippen LogP contribution in [0.15, 0.2) is 77.6 Å². The number of imidazole rings is 1. The second-order valence-corrected chi connectivity index (χ2v) is 5.79. The van der Waals surface area contributed by atoms with Crippen molar-refractivity contribution in [3.8, 4) is 11.1 Å². The fourth-order valence-corrected chi connectivity index (χ4v) is 2.92. The minimum atomic E-state index is -0.476. The van der Waals surface area contributed by atoms with Gasteiger partial charge in [0.15, 0.2) is 0 Å². The zero-order valence-electron chi connectivity index (χ0n) is 13.3. The van der Waals surface area contributed by atoms with E-state index in [4.69, 9.17) is 5.73 Å². The number of nitrogens with zero attached hydrogens (tertiary/aromatic N) is 1. The molecule has 0 atom stereocenters. The largest absolute Gasteiger partial charge is 0.399 e. The van der Waals surface area contributed by atoms with Crippen LogP contribution in [0.1, 0.15) is 10.4 Å². The van der Waals surface area contributed by atoms with Gasteiger partial charge < -0.3 is 10.7 Å². The van der Waals surface area contributed by atoms with Gasteiger partial charge in [0.2, 0.25) is 0 Å². The van der Waals surface area contributed by atoms with Crippen molar-refractivity contribution in [3.63, 3.8) is 0 Å². The molecule has 0 radical (unpaired) electrons. The lowest BCUT2D eigenvalue weighted by Crippen LogP contribution is -2.24. The average Bonchev–Trinajstić information content (AvgIpc) is 2.96. The van der Waals surface area contributed by atoms with Gasteiger partial charge in [-0.1, -0.05) is 42.5 Å². The summed E-state index contributed by atoms with van der Waals surface area (Å²) in [6, 6.07) is 22.0. The van der Waals surface area contributed by atoms with Gasteiger partial charge in [-0.3, -0.25) is 4.79 Å². The molecule has 3 N–H and O–H groups in total. The normalized spacial score (nSPS) is 10.9. The third-order valence-electron chi connectivity index (χ3n) is 4.13. The third-order valence-corrected chi connectivity index (χ3v) is 4.13. The first-order valence-corrected chi connectivity index (χ1v) is 7.84. The van der Waals surface area contributed by atoms with Crippen molar-refractivity contribution >= 4 is 22.6 Å². The van der Waals surface area contributed by atoms with Crippen LogP contribution in [0, 0.1) is 0 Å². The van der Waals surface area contributed by atoms with Crippen LogP contribution in [-0.2, 0) is 0 Å². The molecule has 5 nitrogen and oxygen atoms in total. The van der Waals surface area contributed by atoms with Crippen molar-refractivity contribution in [2.24, 2.45) is 0 Å². The molecule has 3 aromatic carbocycles. The number of fused-ring (bicyclic) bond motifs is 1. The summed E-state index contributed by atoms with van der Waals surface area (Å²) in [7, 11) is 0. The van der Waals surface area contributed by atoms with E-state index < -0.39 is 5.69 Å². The zero-order valence-corrected chi connectivity index (χ0v) is 13.3. The molecular formula is C20H15N3O2. The van der Waals surface area contributed by atoms with E-state index in [1.54, 1.807) is 30.3 Å². The van der Waals surface area contributed by atoms with Crippen LogP contribution in [0.25, 0.3) is 22.2 Å². The molecule has 0 amide bonds. The summed E-state index contributed by atoms with van der Waals surface area (Å²) in [6.45, 7) is 0. The molecule has 4 aromatic rings. The van der Waals surface area contributed by atoms with Gasteiger partial charge in [-0.2, -0.15) is 0 Å². The topological polar surface area (TPSA) is 80.9 Å². The number of aromatic amines is 1. The highest BCUT2D eigenvalue weighted by Gasteiger charge is 2.16. The van der Waals surface area contributed by atoms with E-state index in [0.29, 0.717) is 22.3 Å². The Balaban J connectivity index is 1.83. The molecule has 4 rings (SSSR count). The maximum Gasteiger partial charge on any atom is 0.333 e. The number of hydrogen-bond acceptors (Lipinski definition) is 3. The molecule has 122 valence electrons. The first kappa shape index (κ1) is 15.0. The SMILES string of the molecule is Nc1ccc2c(c1)[nH]c(=O)n2C(=O)c1cccc(-c2ccccc2)c1. The molecule has 0 bridgehead atoms. The molecule has 5 heteroatoms. The number of hydrogen-bond donors (Lipinski definition) is 2. The smallest absolute Gasteiger partial charge is 0.333 e. The van der Waals surface area contributed by atoms with Crippen LogP contribution in [0.5, 0.6) is 0 Å². The zero-order chi connectivity index (χ0) is 17.4. The number of nitrogens with two attached hydrogens (primary N) is 1. The summed E-state index contributed by atoms with van der Waals surface area (Å²) >= 11 is 0. The Kier molecular flexibility index (Phi) is 3.47. The average molecular weight is 329 g/mol. The monoisotopic (exact) mass is 329 g/mol. The van der Waals surface area contributed by atoms with E-state index in [9.17, 15) is 9.59 Å². The van der Waals surface area contributed by atoms with Crippen LogP contribution in [-0.4, -0.2) is 15.5 Å². The van der Waals surface area contributed by atoms with Crippen LogP contribution < -0.4 is 11.4 Å². The highest BCUT2D eigenvalue weighted by molar-refractivity contribution is 6.02. The van der Waals surface area contributed by atoms with E-state index in [2.05, 4.69) is 4.98 Å². The van der Waals surface area contributed by atoms with Crippen LogP contribution in [0.4, 0.5) is 5.69 Å². The first-order valence-electron chi connectivity index (χ1n) is 7.84. The Hall–Kier alpha value is -3.60. The molecule has 0 fully saturated rings. The van der Waals surface area contributed by atoms with Gasteiger partial charge in [-0.25, -0.2) is 9.36 Å². The lowest BCUT2D eigenvalue weighted by atomic mass is 10.0. The molecule has 0 aliphatic heterocycles. The molecule has 0 saturated carbocycles. The second kappa shape index (κ2) is 5.79. The van der Waals surface area contributed by atoms with Crippen molar-refractivity contribution in [2.75, 3.05) is 5.73 Å². The van der Waals surface area contributed by atoms with Crippen LogP contribution >= 0.6 is 0 Å². The van der Waals surface area contributed by atoms with Gasteiger partial charge in [0, 0.05) is 11.3 Å². The summed E-state index contributed by atoms with van der Waals surface area (Å²) in [5.41, 5.74) is 9.21. The van der Waals surface area contributed by atoms with Gasteiger partial charge in [0.25, 0.3) is 5.91 Å². The van der Waals surface area contributed by atoms with Crippen molar-refractivity contribution in [2.45, 2.75) is 0 Å². The highest BCUT2D eigenvalue weighted by Crippen LogP contribution is 2.21. The first-order chi connectivity index (χ1) is 12.1. The predicted molar refractivity (Wildman–Crippen MR) is 98.6 cm³/mol. The quantitative estimate of drug-likeness (QED) is 0.554. The Morgan fingerprint density at radius 2 is 1.64 bits per heavy atom. The predicted octanol–water partition coefficient (Wildman–Crippen LogP) is 3.27. The van der Waals surface area contributed by atoms with E-state index in [0.717, 1.165) is 15.7 Å². The van der Waals surface area contributed by atoms with E-state index in [1.165, 1.54) is 0 Å². The number of anilines is 1. The summed E-state index contributed by atoms with van der Waals surface area (Å²) in [5, 5.41) is 0. The Morgan fingerprint density at radius 3 is 2.44 bits per heavy atom. The number of aromatic nitrogens is 2. The number of benzene rings is 3. The molecule has 0 unspecified atom stereocenters. The molecule has 0 spiro atoms. The number of carbonyl (C=O) groups is 1.